The molecular weight excluding hydrogens is 264 g/mol. The number of rotatable bonds is 4. The molecule has 20 heavy (non-hydrogen) atoms. The highest BCUT2D eigenvalue weighted by Crippen LogP contribution is 2.12. The monoisotopic (exact) mass is 282 g/mol. The maximum absolute atomic E-state index is 12.1. The molecule has 1 aliphatic rings. The Labute approximate surface area is 116 Å². The lowest BCUT2D eigenvalue weighted by Gasteiger charge is -2.35. The van der Waals surface area contributed by atoms with Crippen LogP contribution in [0, 0.1) is 10.1 Å². The molecule has 1 aromatic heterocycles. The second-order valence-corrected chi connectivity index (χ2v) is 5.03. The third-order valence-electron chi connectivity index (χ3n) is 3.16. The molecule has 0 unspecified atom stereocenters. The lowest BCUT2D eigenvalue weighted by atomic mass is 10.2. The highest BCUT2D eigenvalue weighted by molar-refractivity contribution is 5.76. The normalized spacial score (nSPS) is 22.8. The molecule has 8 heteroatoms. The lowest BCUT2D eigenvalue weighted by molar-refractivity contribution is -0.389. The Balaban J connectivity index is 1.86. The Hall–Kier alpha value is -1.96. The van der Waals surface area contributed by atoms with Gasteiger partial charge in [-0.05, 0) is 23.8 Å². The molecule has 1 fully saturated rings. The number of aromatic nitrogens is 2. The van der Waals surface area contributed by atoms with Crippen LogP contribution in [0.2, 0.25) is 0 Å². The van der Waals surface area contributed by atoms with E-state index in [0.717, 1.165) is 0 Å². The van der Waals surface area contributed by atoms with Crippen LogP contribution in [0.3, 0.4) is 0 Å². The summed E-state index contributed by atoms with van der Waals surface area (Å²) in [4.78, 5) is 27.5. The van der Waals surface area contributed by atoms with E-state index in [0.29, 0.717) is 26.1 Å². The molecule has 2 heterocycles. The van der Waals surface area contributed by atoms with E-state index in [9.17, 15) is 14.9 Å². The maximum Gasteiger partial charge on any atom is 0.381 e. The summed E-state index contributed by atoms with van der Waals surface area (Å²) in [6.07, 6.45) is 3.08. The van der Waals surface area contributed by atoms with Crippen LogP contribution in [0.4, 0.5) is 5.82 Å². The third kappa shape index (κ3) is 3.53. The molecule has 110 valence electrons. The van der Waals surface area contributed by atoms with Crippen LogP contribution in [0.25, 0.3) is 0 Å². The van der Waals surface area contributed by atoms with Crippen LogP contribution in [-0.4, -0.2) is 50.6 Å². The number of morpholine rings is 1. The van der Waals surface area contributed by atoms with Gasteiger partial charge in [-0.3, -0.25) is 4.79 Å². The number of carbonyl (C=O) groups excluding carboxylic acids is 1. The van der Waals surface area contributed by atoms with E-state index in [1.807, 2.05) is 13.8 Å². The van der Waals surface area contributed by atoms with E-state index >= 15 is 0 Å². The number of hydrogen-bond donors (Lipinski definition) is 0. The topological polar surface area (TPSA) is 90.5 Å². The van der Waals surface area contributed by atoms with Gasteiger partial charge in [-0.2, -0.15) is 0 Å². The summed E-state index contributed by atoms with van der Waals surface area (Å²) in [5.41, 5.74) is 0. The summed E-state index contributed by atoms with van der Waals surface area (Å²) in [6.45, 7) is 5.45. The molecule has 0 radical (unpaired) electrons. The fourth-order valence-electron chi connectivity index (χ4n) is 2.33. The summed E-state index contributed by atoms with van der Waals surface area (Å²) in [5.74, 6) is -0.172. The van der Waals surface area contributed by atoms with Gasteiger partial charge in [-0.15, -0.1) is 0 Å². The second kappa shape index (κ2) is 6.00. The number of nitrogens with zero attached hydrogens (tertiary/aromatic N) is 4. The van der Waals surface area contributed by atoms with Gasteiger partial charge in [0.1, 0.15) is 6.20 Å². The summed E-state index contributed by atoms with van der Waals surface area (Å²) >= 11 is 0. The van der Waals surface area contributed by atoms with Crippen LogP contribution < -0.4 is 0 Å². The minimum atomic E-state index is -0.552. The van der Waals surface area contributed by atoms with Crippen molar-refractivity contribution in [3.63, 3.8) is 0 Å². The third-order valence-corrected chi connectivity index (χ3v) is 3.16. The fraction of sp³-hybridized carbons (Fsp3) is 0.667. The zero-order chi connectivity index (χ0) is 14.7. The van der Waals surface area contributed by atoms with Crippen molar-refractivity contribution in [2.45, 2.75) is 39.0 Å². The Morgan fingerprint density at radius 2 is 2.15 bits per heavy atom. The molecular formula is C12H18N4O4. The van der Waals surface area contributed by atoms with Crippen molar-refractivity contribution in [1.82, 2.24) is 14.5 Å². The van der Waals surface area contributed by atoms with Crippen molar-refractivity contribution < 1.29 is 14.5 Å². The van der Waals surface area contributed by atoms with Crippen molar-refractivity contribution in [2.75, 3.05) is 13.1 Å². The van der Waals surface area contributed by atoms with E-state index in [4.69, 9.17) is 4.74 Å². The first-order valence-corrected chi connectivity index (χ1v) is 6.55. The van der Waals surface area contributed by atoms with E-state index in [-0.39, 0.29) is 23.9 Å². The Kier molecular flexibility index (Phi) is 4.33. The molecule has 0 N–H and O–H groups in total. The molecule has 0 aromatic carbocycles. The van der Waals surface area contributed by atoms with Crippen molar-refractivity contribution in [3.05, 3.63) is 22.6 Å². The average Bonchev–Trinajstić information content (AvgIpc) is 2.83. The number of nitro groups is 1. The predicted octanol–water partition coefficient (Wildman–Crippen LogP) is 0.817. The molecule has 0 bridgehead atoms. The molecule has 0 aliphatic carbocycles. The standard InChI is InChI=1S/C12H18N4O4/c1-9-5-15(6-10(2)20-9)12(17)3-4-14-7-11(13-8-14)16(18)19/h7-10H,3-6H2,1-2H3/t9-,10-/m1/s1. The van der Waals surface area contributed by atoms with Crippen LogP contribution in [0.15, 0.2) is 12.5 Å². The molecule has 2 atom stereocenters. The van der Waals surface area contributed by atoms with Gasteiger partial charge < -0.3 is 24.3 Å². The Morgan fingerprint density at radius 1 is 1.50 bits per heavy atom. The van der Waals surface area contributed by atoms with E-state index in [1.54, 1.807) is 9.47 Å². The summed E-state index contributed by atoms with van der Waals surface area (Å²) < 4.78 is 7.13. The van der Waals surface area contributed by atoms with Crippen LogP contribution in [-0.2, 0) is 16.1 Å². The van der Waals surface area contributed by atoms with Gasteiger partial charge in [-0.25, -0.2) is 0 Å². The van der Waals surface area contributed by atoms with Gasteiger partial charge >= 0.3 is 5.82 Å². The van der Waals surface area contributed by atoms with Gasteiger partial charge in [0.15, 0.2) is 0 Å². The molecule has 1 amide bonds. The van der Waals surface area contributed by atoms with Crippen molar-refractivity contribution in [1.29, 1.82) is 0 Å². The average molecular weight is 282 g/mol. The summed E-state index contributed by atoms with van der Waals surface area (Å²) in [7, 11) is 0. The fourth-order valence-corrected chi connectivity index (χ4v) is 2.33. The van der Waals surface area contributed by atoms with Crippen molar-refractivity contribution in [2.24, 2.45) is 0 Å². The summed E-state index contributed by atoms with van der Waals surface area (Å²) in [5, 5.41) is 10.5. The van der Waals surface area contributed by atoms with Crippen molar-refractivity contribution in [3.8, 4) is 0 Å². The smallest absolute Gasteiger partial charge is 0.372 e. The van der Waals surface area contributed by atoms with Gasteiger partial charge in [0.05, 0.1) is 12.2 Å². The first-order chi connectivity index (χ1) is 9.45. The first kappa shape index (κ1) is 14.4. The van der Waals surface area contributed by atoms with Gasteiger partial charge in [0, 0.05) is 26.1 Å². The number of ether oxygens (including phenoxy) is 1. The van der Waals surface area contributed by atoms with Gasteiger partial charge in [-0.1, -0.05) is 0 Å². The molecule has 2 rings (SSSR count). The number of hydrogen-bond acceptors (Lipinski definition) is 5. The quantitative estimate of drug-likeness (QED) is 0.602. The molecule has 1 aliphatic heterocycles. The molecule has 1 aromatic rings. The van der Waals surface area contributed by atoms with E-state index < -0.39 is 4.92 Å². The minimum absolute atomic E-state index is 0.0309. The number of carbonyl (C=O) groups is 1. The van der Waals surface area contributed by atoms with Crippen LogP contribution in [0.5, 0.6) is 0 Å². The van der Waals surface area contributed by atoms with Gasteiger partial charge in [0.2, 0.25) is 12.2 Å². The largest absolute Gasteiger partial charge is 0.381 e. The zero-order valence-corrected chi connectivity index (χ0v) is 11.6. The maximum atomic E-state index is 12.1. The molecule has 0 spiro atoms. The van der Waals surface area contributed by atoms with E-state index in [1.165, 1.54) is 12.5 Å². The highest BCUT2D eigenvalue weighted by atomic mass is 16.6. The van der Waals surface area contributed by atoms with E-state index in [2.05, 4.69) is 4.98 Å². The predicted molar refractivity (Wildman–Crippen MR) is 70.1 cm³/mol. The molecule has 1 saturated heterocycles. The molecule has 0 saturated carbocycles. The summed E-state index contributed by atoms with van der Waals surface area (Å²) in [6, 6.07) is 0. The molecule has 8 nitrogen and oxygen atoms in total. The van der Waals surface area contributed by atoms with Crippen molar-refractivity contribution >= 4 is 11.7 Å². The van der Waals surface area contributed by atoms with Gasteiger partial charge in [0.25, 0.3) is 0 Å². The number of imidazole rings is 1. The SMILES string of the molecule is C[C@@H]1CN(C(=O)CCn2cnc([N+](=O)[O-])c2)C[C@@H](C)O1. The second-order valence-electron chi connectivity index (χ2n) is 5.03. The Bertz CT molecular complexity index is 491. The number of aryl methyl sites for hydroxylation is 1. The zero-order valence-electron chi connectivity index (χ0n) is 11.6. The Morgan fingerprint density at radius 3 is 2.70 bits per heavy atom. The first-order valence-electron chi connectivity index (χ1n) is 6.55. The lowest BCUT2D eigenvalue weighted by Crippen LogP contribution is -2.48. The van der Waals surface area contributed by atoms with Crippen LogP contribution >= 0.6 is 0 Å². The van der Waals surface area contributed by atoms with Crippen LogP contribution in [0.1, 0.15) is 20.3 Å². The minimum Gasteiger partial charge on any atom is -0.372 e. The number of amides is 1. The highest BCUT2D eigenvalue weighted by Gasteiger charge is 2.25.